The maximum absolute atomic E-state index is 12.7. The number of carbonyl (C=O) groups is 1. The third-order valence-corrected chi connectivity index (χ3v) is 5.76. The summed E-state index contributed by atoms with van der Waals surface area (Å²) in [5.74, 6) is 2.27. The summed E-state index contributed by atoms with van der Waals surface area (Å²) in [6, 6.07) is 9.55. The van der Waals surface area contributed by atoms with E-state index in [0.29, 0.717) is 48.3 Å². The lowest BCUT2D eigenvalue weighted by atomic mass is 10.1. The summed E-state index contributed by atoms with van der Waals surface area (Å²) in [5, 5.41) is 4.10. The van der Waals surface area contributed by atoms with Gasteiger partial charge < -0.3 is 18.9 Å². The molecule has 4 rings (SSSR count). The average molecular weight is 399 g/mol. The van der Waals surface area contributed by atoms with Gasteiger partial charge in [-0.05, 0) is 31.2 Å². The number of benzene rings is 1. The molecule has 3 aromatic rings. The number of rotatable bonds is 6. The number of hydrogen-bond donors (Lipinski definition) is 0. The van der Waals surface area contributed by atoms with Crippen molar-refractivity contribution in [3.05, 3.63) is 51.8 Å². The molecule has 8 heteroatoms. The number of carbonyl (C=O) groups excluding carboxylic acids is 1. The van der Waals surface area contributed by atoms with Crippen molar-refractivity contribution in [3.8, 4) is 11.5 Å². The van der Waals surface area contributed by atoms with E-state index < -0.39 is 0 Å². The standard InChI is InChI=1S/C20H21N3O4S/c1-12-4-6-15(28-12)10-18-21-20(27-22-18)13-8-19(24)23(11-13)16-9-14(25-2)5-7-17(16)26-3/h4-7,9,13H,8,10-11H2,1-3H3. The van der Waals surface area contributed by atoms with Crippen LogP contribution < -0.4 is 14.4 Å². The molecular weight excluding hydrogens is 378 g/mol. The van der Waals surface area contributed by atoms with Crippen LogP contribution >= 0.6 is 11.3 Å². The van der Waals surface area contributed by atoms with E-state index in [0.717, 1.165) is 0 Å². The number of thiophene rings is 1. The first-order valence-electron chi connectivity index (χ1n) is 8.97. The molecule has 1 saturated heterocycles. The molecule has 0 bridgehead atoms. The van der Waals surface area contributed by atoms with Gasteiger partial charge in [0.05, 0.1) is 25.8 Å². The predicted molar refractivity (Wildman–Crippen MR) is 105 cm³/mol. The van der Waals surface area contributed by atoms with E-state index in [4.69, 9.17) is 14.0 Å². The number of ether oxygens (including phenoxy) is 2. The third-order valence-electron chi connectivity index (χ3n) is 4.76. The lowest BCUT2D eigenvalue weighted by molar-refractivity contribution is -0.117. The molecule has 1 aromatic carbocycles. The average Bonchev–Trinajstić information content (AvgIpc) is 3.42. The number of anilines is 1. The molecule has 1 amide bonds. The molecule has 146 valence electrons. The van der Waals surface area contributed by atoms with Gasteiger partial charge in [-0.25, -0.2) is 0 Å². The second-order valence-corrected chi connectivity index (χ2v) is 8.05. The highest BCUT2D eigenvalue weighted by molar-refractivity contribution is 7.11. The van der Waals surface area contributed by atoms with Gasteiger partial charge in [0.2, 0.25) is 11.8 Å². The first-order valence-corrected chi connectivity index (χ1v) is 9.79. The van der Waals surface area contributed by atoms with Gasteiger partial charge >= 0.3 is 0 Å². The fraction of sp³-hybridized carbons (Fsp3) is 0.350. The van der Waals surface area contributed by atoms with E-state index in [2.05, 4.69) is 29.2 Å². The summed E-state index contributed by atoms with van der Waals surface area (Å²) in [5.41, 5.74) is 0.683. The van der Waals surface area contributed by atoms with Crippen LogP contribution in [0.15, 0.2) is 34.9 Å². The summed E-state index contributed by atoms with van der Waals surface area (Å²) >= 11 is 1.72. The molecule has 1 aliphatic rings. The predicted octanol–water partition coefficient (Wildman–Crippen LogP) is 3.57. The minimum atomic E-state index is -0.144. The number of aryl methyl sites for hydroxylation is 1. The normalized spacial score (nSPS) is 16.6. The van der Waals surface area contributed by atoms with Crippen LogP contribution in [0.1, 0.15) is 33.8 Å². The van der Waals surface area contributed by atoms with Crippen LogP contribution in [-0.4, -0.2) is 36.8 Å². The fourth-order valence-corrected chi connectivity index (χ4v) is 4.24. The number of aromatic nitrogens is 2. The minimum Gasteiger partial charge on any atom is -0.497 e. The van der Waals surface area contributed by atoms with Gasteiger partial charge in [0, 0.05) is 35.2 Å². The minimum absolute atomic E-state index is 0.00909. The summed E-state index contributed by atoms with van der Waals surface area (Å²) in [6.45, 7) is 2.53. The van der Waals surface area contributed by atoms with Crippen molar-refractivity contribution in [2.75, 3.05) is 25.7 Å². The zero-order valence-corrected chi connectivity index (χ0v) is 16.8. The summed E-state index contributed by atoms with van der Waals surface area (Å²) in [4.78, 5) is 21.3. The zero-order valence-electron chi connectivity index (χ0n) is 16.0. The van der Waals surface area contributed by atoms with Crippen molar-refractivity contribution < 1.29 is 18.8 Å². The highest BCUT2D eigenvalue weighted by Gasteiger charge is 2.36. The highest BCUT2D eigenvalue weighted by atomic mass is 32.1. The molecular formula is C20H21N3O4S. The number of hydrogen-bond acceptors (Lipinski definition) is 7. The quantitative estimate of drug-likeness (QED) is 0.631. The van der Waals surface area contributed by atoms with Gasteiger partial charge in [-0.1, -0.05) is 5.16 Å². The van der Waals surface area contributed by atoms with Crippen LogP contribution in [0.25, 0.3) is 0 Å². The van der Waals surface area contributed by atoms with Crippen LogP contribution in [-0.2, 0) is 11.2 Å². The maximum Gasteiger partial charge on any atom is 0.232 e. The SMILES string of the molecule is COc1ccc(OC)c(N2CC(c3nc(Cc4ccc(C)s4)no3)CC2=O)c1. The second kappa shape index (κ2) is 7.63. The summed E-state index contributed by atoms with van der Waals surface area (Å²) in [6.07, 6.45) is 0.955. The van der Waals surface area contributed by atoms with Gasteiger partial charge in [0.25, 0.3) is 0 Å². The van der Waals surface area contributed by atoms with E-state index in [9.17, 15) is 4.79 Å². The molecule has 0 spiro atoms. The van der Waals surface area contributed by atoms with Crippen molar-refractivity contribution in [2.45, 2.75) is 25.7 Å². The Labute approximate surface area is 166 Å². The van der Waals surface area contributed by atoms with Crippen molar-refractivity contribution in [2.24, 2.45) is 0 Å². The number of nitrogens with zero attached hydrogens (tertiary/aromatic N) is 3. The molecule has 0 N–H and O–H groups in total. The monoisotopic (exact) mass is 399 g/mol. The molecule has 1 aliphatic heterocycles. The Bertz CT molecular complexity index is 997. The lowest BCUT2D eigenvalue weighted by Gasteiger charge is -2.20. The Kier molecular flexibility index (Phi) is 5.04. The first-order chi connectivity index (χ1) is 13.6. The third kappa shape index (κ3) is 3.60. The van der Waals surface area contributed by atoms with Gasteiger partial charge in [-0.15, -0.1) is 11.3 Å². The van der Waals surface area contributed by atoms with Crippen LogP contribution in [0.4, 0.5) is 5.69 Å². The molecule has 1 fully saturated rings. The molecule has 0 saturated carbocycles. The molecule has 0 aliphatic carbocycles. The Morgan fingerprint density at radius 1 is 1.25 bits per heavy atom. The molecule has 28 heavy (non-hydrogen) atoms. The molecule has 1 atom stereocenters. The van der Waals surface area contributed by atoms with Crippen LogP contribution in [0.3, 0.4) is 0 Å². The van der Waals surface area contributed by atoms with E-state index in [1.54, 1.807) is 48.7 Å². The Morgan fingerprint density at radius 3 is 2.82 bits per heavy atom. The summed E-state index contributed by atoms with van der Waals surface area (Å²) < 4.78 is 16.2. The van der Waals surface area contributed by atoms with Gasteiger partial charge in [0.1, 0.15) is 11.5 Å². The second-order valence-electron chi connectivity index (χ2n) is 6.68. The molecule has 1 unspecified atom stereocenters. The maximum atomic E-state index is 12.7. The van der Waals surface area contributed by atoms with Gasteiger partial charge in [0.15, 0.2) is 5.82 Å². The van der Waals surface area contributed by atoms with Gasteiger partial charge in [-0.3, -0.25) is 4.79 Å². The van der Waals surface area contributed by atoms with Crippen molar-refractivity contribution in [3.63, 3.8) is 0 Å². The largest absolute Gasteiger partial charge is 0.497 e. The van der Waals surface area contributed by atoms with E-state index in [1.807, 2.05) is 0 Å². The summed E-state index contributed by atoms with van der Waals surface area (Å²) in [7, 11) is 3.18. The van der Waals surface area contributed by atoms with Gasteiger partial charge in [-0.2, -0.15) is 4.98 Å². The Morgan fingerprint density at radius 2 is 2.11 bits per heavy atom. The van der Waals surface area contributed by atoms with E-state index >= 15 is 0 Å². The molecule has 0 radical (unpaired) electrons. The smallest absolute Gasteiger partial charge is 0.232 e. The fourth-order valence-electron chi connectivity index (χ4n) is 3.35. The lowest BCUT2D eigenvalue weighted by Crippen LogP contribution is -2.24. The Hall–Kier alpha value is -2.87. The van der Waals surface area contributed by atoms with Crippen LogP contribution in [0.2, 0.25) is 0 Å². The van der Waals surface area contributed by atoms with E-state index in [-0.39, 0.29) is 11.8 Å². The first kappa shape index (κ1) is 18.5. The molecule has 2 aromatic heterocycles. The number of amides is 1. The number of methoxy groups -OCH3 is 2. The van der Waals surface area contributed by atoms with E-state index in [1.165, 1.54) is 9.75 Å². The molecule has 7 nitrogen and oxygen atoms in total. The van der Waals surface area contributed by atoms with Crippen molar-refractivity contribution >= 4 is 22.9 Å². The highest BCUT2D eigenvalue weighted by Crippen LogP contribution is 2.38. The van der Waals surface area contributed by atoms with Crippen molar-refractivity contribution in [1.82, 2.24) is 10.1 Å². The Balaban J connectivity index is 1.52. The van der Waals surface area contributed by atoms with Crippen molar-refractivity contribution in [1.29, 1.82) is 0 Å². The molecule has 3 heterocycles. The topological polar surface area (TPSA) is 77.7 Å². The van der Waals surface area contributed by atoms with Crippen LogP contribution in [0.5, 0.6) is 11.5 Å². The van der Waals surface area contributed by atoms with Crippen LogP contribution in [0, 0.1) is 6.92 Å². The zero-order chi connectivity index (χ0) is 19.7.